The molecule has 0 aromatic heterocycles. The molecule has 20 heavy (non-hydrogen) atoms. The molecule has 0 heterocycles. The fraction of sp³-hybridized carbons (Fsp3) is 0.500. The van der Waals surface area contributed by atoms with Crippen LogP contribution in [0.5, 0.6) is 0 Å². The third kappa shape index (κ3) is 4.68. The van der Waals surface area contributed by atoms with Crippen LogP contribution >= 0.6 is 0 Å². The van der Waals surface area contributed by atoms with Crippen LogP contribution in [-0.4, -0.2) is 17.5 Å². The number of Topliss-reactive ketones (excluding diaryl/α,β-unsaturated/α-hetero) is 1. The Balaban J connectivity index is 2.90. The van der Waals surface area contributed by atoms with Gasteiger partial charge < -0.3 is 10.1 Å². The number of ether oxygens (including phenoxy) is 1. The van der Waals surface area contributed by atoms with E-state index in [0.717, 1.165) is 5.56 Å². The normalized spacial score (nSPS) is 11.9. The molecule has 0 atom stereocenters. The van der Waals surface area contributed by atoms with Crippen LogP contribution in [0.3, 0.4) is 0 Å². The Hall–Kier alpha value is -1.84. The summed E-state index contributed by atoms with van der Waals surface area (Å²) in [5.41, 5.74) is 0.326. The average molecular weight is 277 g/mol. The summed E-state index contributed by atoms with van der Waals surface area (Å²) in [5, 5.41) is 2.82. The van der Waals surface area contributed by atoms with Crippen LogP contribution in [0, 0.1) is 0 Å². The zero-order valence-corrected chi connectivity index (χ0v) is 13.0. The lowest BCUT2D eigenvalue weighted by molar-refractivity contribution is 0.0470. The molecule has 0 radical (unpaired) electrons. The van der Waals surface area contributed by atoms with Crippen molar-refractivity contribution < 1.29 is 14.3 Å². The number of hydrogen-bond acceptors (Lipinski definition) is 3. The summed E-state index contributed by atoms with van der Waals surface area (Å²) in [4.78, 5) is 23.3. The van der Waals surface area contributed by atoms with Gasteiger partial charge in [-0.25, -0.2) is 4.79 Å². The van der Waals surface area contributed by atoms with E-state index >= 15 is 0 Å². The van der Waals surface area contributed by atoms with Gasteiger partial charge in [-0.05, 0) is 53.2 Å². The van der Waals surface area contributed by atoms with Gasteiger partial charge in [0.25, 0.3) is 0 Å². The number of alkyl carbamates (subject to hydrolysis) is 1. The highest BCUT2D eigenvalue weighted by Gasteiger charge is 2.26. The van der Waals surface area contributed by atoms with E-state index in [-0.39, 0.29) is 5.78 Å². The molecule has 0 aliphatic heterocycles. The van der Waals surface area contributed by atoms with Gasteiger partial charge in [0.2, 0.25) is 0 Å². The van der Waals surface area contributed by atoms with Gasteiger partial charge in [0.15, 0.2) is 5.78 Å². The maximum atomic E-state index is 11.9. The molecule has 1 aromatic rings. The fourth-order valence-electron chi connectivity index (χ4n) is 1.76. The molecular formula is C16H23NO3. The second kappa shape index (κ2) is 5.65. The average Bonchev–Trinajstić information content (AvgIpc) is 2.25. The van der Waals surface area contributed by atoms with E-state index < -0.39 is 17.2 Å². The molecular weight excluding hydrogens is 254 g/mol. The minimum Gasteiger partial charge on any atom is -0.444 e. The van der Waals surface area contributed by atoms with E-state index in [4.69, 9.17) is 4.74 Å². The zero-order chi connectivity index (χ0) is 15.6. The van der Waals surface area contributed by atoms with Crippen molar-refractivity contribution in [3.63, 3.8) is 0 Å². The maximum absolute atomic E-state index is 11.9. The minimum absolute atomic E-state index is 0.0000759. The van der Waals surface area contributed by atoms with E-state index in [1.165, 1.54) is 6.92 Å². The number of rotatable bonds is 3. The van der Waals surface area contributed by atoms with Crippen LogP contribution in [0.25, 0.3) is 0 Å². The summed E-state index contributed by atoms with van der Waals surface area (Å²) in [6.07, 6.45) is -0.476. The first-order chi connectivity index (χ1) is 9.01. The Morgan fingerprint density at radius 1 is 1.10 bits per heavy atom. The Kier molecular flexibility index (Phi) is 4.58. The van der Waals surface area contributed by atoms with Crippen molar-refractivity contribution in [2.24, 2.45) is 0 Å². The molecule has 110 valence electrons. The van der Waals surface area contributed by atoms with Gasteiger partial charge in [0, 0.05) is 5.56 Å². The fourth-order valence-corrected chi connectivity index (χ4v) is 1.76. The summed E-state index contributed by atoms with van der Waals surface area (Å²) in [5.74, 6) is -0.0000759. The molecule has 0 saturated carbocycles. The summed E-state index contributed by atoms with van der Waals surface area (Å²) in [7, 11) is 0. The van der Waals surface area contributed by atoms with Crippen molar-refractivity contribution in [3.05, 3.63) is 35.4 Å². The summed E-state index contributed by atoms with van der Waals surface area (Å²) >= 11 is 0. The number of hydrogen-bond donors (Lipinski definition) is 1. The van der Waals surface area contributed by atoms with Crippen LogP contribution in [0.4, 0.5) is 4.79 Å². The number of carbonyl (C=O) groups is 2. The summed E-state index contributed by atoms with van der Waals surface area (Å²) < 4.78 is 5.26. The summed E-state index contributed by atoms with van der Waals surface area (Å²) in [6.45, 7) is 10.7. The SMILES string of the molecule is CC(=O)c1cccc(C(C)(C)NC(=O)OC(C)(C)C)c1. The standard InChI is InChI=1S/C16H23NO3/c1-11(18)12-8-7-9-13(10-12)16(5,6)17-14(19)20-15(2,3)4/h7-10H,1-6H3,(H,17,19). The lowest BCUT2D eigenvalue weighted by atomic mass is 9.92. The smallest absolute Gasteiger partial charge is 0.408 e. The van der Waals surface area contributed by atoms with Crippen molar-refractivity contribution in [1.82, 2.24) is 5.32 Å². The van der Waals surface area contributed by atoms with Crippen LogP contribution < -0.4 is 5.32 Å². The topological polar surface area (TPSA) is 55.4 Å². The number of carbonyl (C=O) groups excluding carboxylic acids is 2. The van der Waals surface area contributed by atoms with Crippen molar-refractivity contribution in [3.8, 4) is 0 Å². The number of nitrogens with one attached hydrogen (secondary N) is 1. The zero-order valence-electron chi connectivity index (χ0n) is 13.0. The minimum atomic E-state index is -0.617. The molecule has 0 aliphatic carbocycles. The molecule has 0 saturated heterocycles. The van der Waals surface area contributed by atoms with Gasteiger partial charge in [-0.2, -0.15) is 0 Å². The number of ketones is 1. The van der Waals surface area contributed by atoms with Gasteiger partial charge in [-0.1, -0.05) is 18.2 Å². The van der Waals surface area contributed by atoms with Crippen molar-refractivity contribution in [2.75, 3.05) is 0 Å². The van der Waals surface area contributed by atoms with E-state index in [9.17, 15) is 9.59 Å². The van der Waals surface area contributed by atoms with Gasteiger partial charge in [0.1, 0.15) is 5.60 Å². The van der Waals surface area contributed by atoms with Gasteiger partial charge >= 0.3 is 6.09 Å². The van der Waals surface area contributed by atoms with Crippen LogP contribution in [0.2, 0.25) is 0 Å². The molecule has 1 amide bonds. The van der Waals surface area contributed by atoms with Gasteiger partial charge in [0.05, 0.1) is 5.54 Å². The highest BCUT2D eigenvalue weighted by molar-refractivity contribution is 5.94. The van der Waals surface area contributed by atoms with Crippen molar-refractivity contribution in [1.29, 1.82) is 0 Å². The molecule has 4 nitrogen and oxygen atoms in total. The Labute approximate surface area is 120 Å². The van der Waals surface area contributed by atoms with Crippen LogP contribution in [-0.2, 0) is 10.3 Å². The second-order valence-corrected chi connectivity index (χ2v) is 6.39. The Bertz CT molecular complexity index is 513. The van der Waals surface area contributed by atoms with Crippen LogP contribution in [0.15, 0.2) is 24.3 Å². The molecule has 1 N–H and O–H groups in total. The molecule has 1 rings (SSSR count). The van der Waals surface area contributed by atoms with E-state index in [1.54, 1.807) is 12.1 Å². The third-order valence-electron chi connectivity index (χ3n) is 2.80. The molecule has 0 aliphatic rings. The lowest BCUT2D eigenvalue weighted by Gasteiger charge is -2.29. The quantitative estimate of drug-likeness (QED) is 0.858. The number of benzene rings is 1. The van der Waals surface area contributed by atoms with Gasteiger partial charge in [-0.15, -0.1) is 0 Å². The first kappa shape index (κ1) is 16.2. The molecule has 0 bridgehead atoms. The molecule has 0 unspecified atom stereocenters. The van der Waals surface area contributed by atoms with E-state index in [2.05, 4.69) is 5.32 Å². The first-order valence-electron chi connectivity index (χ1n) is 6.64. The van der Waals surface area contributed by atoms with Crippen molar-refractivity contribution in [2.45, 2.75) is 52.7 Å². The highest BCUT2D eigenvalue weighted by Crippen LogP contribution is 2.22. The Morgan fingerprint density at radius 3 is 2.20 bits per heavy atom. The number of amides is 1. The second-order valence-electron chi connectivity index (χ2n) is 6.39. The third-order valence-corrected chi connectivity index (χ3v) is 2.80. The predicted octanol–water partition coefficient (Wildman–Crippen LogP) is 3.65. The largest absolute Gasteiger partial charge is 0.444 e. The monoisotopic (exact) mass is 277 g/mol. The van der Waals surface area contributed by atoms with E-state index in [1.807, 2.05) is 46.8 Å². The molecule has 1 aromatic carbocycles. The molecule has 0 fully saturated rings. The molecule has 4 heteroatoms. The summed E-state index contributed by atoms with van der Waals surface area (Å²) in [6, 6.07) is 7.24. The highest BCUT2D eigenvalue weighted by atomic mass is 16.6. The van der Waals surface area contributed by atoms with Crippen LogP contribution in [0.1, 0.15) is 57.5 Å². The van der Waals surface area contributed by atoms with E-state index in [0.29, 0.717) is 5.56 Å². The Morgan fingerprint density at radius 2 is 1.70 bits per heavy atom. The molecule has 0 spiro atoms. The lowest BCUT2D eigenvalue weighted by Crippen LogP contribution is -2.43. The van der Waals surface area contributed by atoms with Crippen molar-refractivity contribution >= 4 is 11.9 Å². The maximum Gasteiger partial charge on any atom is 0.408 e. The predicted molar refractivity (Wildman–Crippen MR) is 78.8 cm³/mol. The van der Waals surface area contributed by atoms with Gasteiger partial charge in [-0.3, -0.25) is 4.79 Å². The first-order valence-corrected chi connectivity index (χ1v) is 6.64.